The van der Waals surface area contributed by atoms with Crippen molar-refractivity contribution in [1.82, 2.24) is 10.2 Å². The predicted octanol–water partition coefficient (Wildman–Crippen LogP) is 2.41. The van der Waals surface area contributed by atoms with Gasteiger partial charge in [0, 0.05) is 18.1 Å². The fraction of sp³-hybridized carbons (Fsp3) is 0.300. The van der Waals surface area contributed by atoms with E-state index in [2.05, 4.69) is 5.32 Å². The zero-order valence-electron chi connectivity index (χ0n) is 14.7. The third-order valence-electron chi connectivity index (χ3n) is 4.04. The van der Waals surface area contributed by atoms with Crippen LogP contribution in [0.15, 0.2) is 54.6 Å². The topological polar surface area (TPSA) is 69.6 Å². The van der Waals surface area contributed by atoms with Crippen LogP contribution in [0.3, 0.4) is 0 Å². The summed E-state index contributed by atoms with van der Waals surface area (Å²) in [7, 11) is 0. The van der Waals surface area contributed by atoms with Crippen molar-refractivity contribution in [2.75, 3.05) is 13.2 Å². The molecule has 26 heavy (non-hydrogen) atoms. The number of carbonyl (C=O) groups excluding carboxylic acids is 2. The SMILES string of the molecule is C[C@H](C(=O)NCCO)N(Cc1ccccc1)C(=O)Cc1ccc(Cl)cc1. The molecule has 6 heteroatoms. The van der Waals surface area contributed by atoms with Gasteiger partial charge >= 0.3 is 0 Å². The van der Waals surface area contributed by atoms with Gasteiger partial charge in [0.2, 0.25) is 11.8 Å². The molecular weight excluding hydrogens is 352 g/mol. The number of carbonyl (C=O) groups is 2. The molecule has 0 spiro atoms. The fourth-order valence-corrected chi connectivity index (χ4v) is 2.69. The van der Waals surface area contributed by atoms with Gasteiger partial charge < -0.3 is 15.3 Å². The molecule has 1 atom stereocenters. The van der Waals surface area contributed by atoms with Crippen molar-refractivity contribution in [2.45, 2.75) is 25.9 Å². The van der Waals surface area contributed by atoms with Gasteiger partial charge in [-0.2, -0.15) is 0 Å². The van der Waals surface area contributed by atoms with Gasteiger partial charge in [-0.3, -0.25) is 9.59 Å². The Kier molecular flexibility index (Phi) is 7.63. The van der Waals surface area contributed by atoms with E-state index in [0.29, 0.717) is 11.6 Å². The number of aliphatic hydroxyl groups is 1. The van der Waals surface area contributed by atoms with Crippen LogP contribution >= 0.6 is 11.6 Å². The molecule has 2 aromatic rings. The smallest absolute Gasteiger partial charge is 0.242 e. The van der Waals surface area contributed by atoms with E-state index in [0.717, 1.165) is 11.1 Å². The van der Waals surface area contributed by atoms with Crippen LogP contribution < -0.4 is 5.32 Å². The van der Waals surface area contributed by atoms with Gasteiger partial charge in [0.15, 0.2) is 0 Å². The van der Waals surface area contributed by atoms with Gasteiger partial charge in [-0.25, -0.2) is 0 Å². The van der Waals surface area contributed by atoms with Crippen LogP contribution in [0, 0.1) is 0 Å². The van der Waals surface area contributed by atoms with Gasteiger partial charge in [-0.1, -0.05) is 54.1 Å². The van der Waals surface area contributed by atoms with E-state index >= 15 is 0 Å². The van der Waals surface area contributed by atoms with E-state index in [1.807, 2.05) is 30.3 Å². The first kappa shape index (κ1) is 19.9. The molecule has 2 N–H and O–H groups in total. The Labute approximate surface area is 158 Å². The van der Waals surface area contributed by atoms with Gasteiger partial charge in [0.25, 0.3) is 0 Å². The first-order valence-corrected chi connectivity index (χ1v) is 8.85. The van der Waals surface area contributed by atoms with Crippen molar-refractivity contribution < 1.29 is 14.7 Å². The van der Waals surface area contributed by atoms with Crippen molar-refractivity contribution >= 4 is 23.4 Å². The first-order chi connectivity index (χ1) is 12.5. The largest absolute Gasteiger partial charge is 0.395 e. The Hall–Kier alpha value is -2.37. The third kappa shape index (κ3) is 5.86. The zero-order valence-corrected chi connectivity index (χ0v) is 15.4. The lowest BCUT2D eigenvalue weighted by molar-refractivity contribution is -0.140. The minimum Gasteiger partial charge on any atom is -0.395 e. The summed E-state index contributed by atoms with van der Waals surface area (Å²) in [6.45, 7) is 2.04. The summed E-state index contributed by atoms with van der Waals surface area (Å²) in [6.07, 6.45) is 0.182. The van der Waals surface area contributed by atoms with E-state index in [-0.39, 0.29) is 31.4 Å². The molecule has 0 radical (unpaired) electrons. The van der Waals surface area contributed by atoms with Gasteiger partial charge in [0.05, 0.1) is 13.0 Å². The fourth-order valence-electron chi connectivity index (χ4n) is 2.57. The van der Waals surface area contributed by atoms with Crippen LogP contribution in [0.2, 0.25) is 5.02 Å². The highest BCUT2D eigenvalue weighted by atomic mass is 35.5. The first-order valence-electron chi connectivity index (χ1n) is 8.47. The molecule has 138 valence electrons. The molecule has 0 fully saturated rings. The molecule has 2 aromatic carbocycles. The van der Waals surface area contributed by atoms with Gasteiger partial charge in [-0.05, 0) is 30.2 Å². The number of hydrogen-bond acceptors (Lipinski definition) is 3. The van der Waals surface area contributed by atoms with Crippen molar-refractivity contribution in [1.29, 1.82) is 0 Å². The maximum absolute atomic E-state index is 12.9. The quantitative estimate of drug-likeness (QED) is 0.745. The number of aliphatic hydroxyl groups excluding tert-OH is 1. The molecular formula is C20H23ClN2O3. The Morgan fingerprint density at radius 2 is 1.73 bits per heavy atom. The minimum absolute atomic E-state index is 0.143. The standard InChI is InChI=1S/C20H23ClN2O3/c1-15(20(26)22-11-12-24)23(14-17-5-3-2-4-6-17)19(25)13-16-7-9-18(21)10-8-16/h2-10,15,24H,11-14H2,1H3,(H,22,26)/t15-/m1/s1. The Bertz CT molecular complexity index is 720. The van der Waals surface area contributed by atoms with E-state index in [9.17, 15) is 9.59 Å². The zero-order chi connectivity index (χ0) is 18.9. The van der Waals surface area contributed by atoms with Crippen molar-refractivity contribution in [3.05, 3.63) is 70.7 Å². The Balaban J connectivity index is 2.16. The lowest BCUT2D eigenvalue weighted by atomic mass is 10.1. The predicted molar refractivity (Wildman–Crippen MR) is 102 cm³/mol. The highest BCUT2D eigenvalue weighted by molar-refractivity contribution is 6.30. The number of halogens is 1. The summed E-state index contributed by atoms with van der Waals surface area (Å²) in [5, 5.41) is 12.1. The molecule has 2 amide bonds. The van der Waals surface area contributed by atoms with E-state index in [4.69, 9.17) is 16.7 Å². The monoisotopic (exact) mass is 374 g/mol. The van der Waals surface area contributed by atoms with Crippen molar-refractivity contribution in [3.63, 3.8) is 0 Å². The molecule has 0 aliphatic rings. The maximum Gasteiger partial charge on any atom is 0.242 e. The van der Waals surface area contributed by atoms with Crippen LogP contribution in [0.25, 0.3) is 0 Å². The third-order valence-corrected chi connectivity index (χ3v) is 4.29. The molecule has 0 saturated carbocycles. The number of nitrogens with one attached hydrogen (secondary N) is 1. The summed E-state index contributed by atoms with van der Waals surface area (Å²) in [5.74, 6) is -0.442. The second-order valence-corrected chi connectivity index (χ2v) is 6.44. The van der Waals surface area contributed by atoms with E-state index < -0.39 is 6.04 Å². The summed E-state index contributed by atoms with van der Waals surface area (Å²) < 4.78 is 0. The molecule has 0 aliphatic carbocycles. The molecule has 2 rings (SSSR count). The molecule has 5 nitrogen and oxygen atoms in total. The number of hydrogen-bond donors (Lipinski definition) is 2. The van der Waals surface area contributed by atoms with Gasteiger partial charge in [0.1, 0.15) is 6.04 Å². The van der Waals surface area contributed by atoms with Crippen molar-refractivity contribution in [2.24, 2.45) is 0 Å². The van der Waals surface area contributed by atoms with Crippen LogP contribution in [0.1, 0.15) is 18.1 Å². The lowest BCUT2D eigenvalue weighted by Crippen LogP contribution is -2.48. The van der Waals surface area contributed by atoms with Crippen LogP contribution in [-0.2, 0) is 22.6 Å². The van der Waals surface area contributed by atoms with E-state index in [1.165, 1.54) is 0 Å². The van der Waals surface area contributed by atoms with Crippen LogP contribution in [0.4, 0.5) is 0 Å². The molecule has 0 aliphatic heterocycles. The average Bonchev–Trinajstić information content (AvgIpc) is 2.66. The summed E-state index contributed by atoms with van der Waals surface area (Å²) in [4.78, 5) is 26.7. The number of benzene rings is 2. The summed E-state index contributed by atoms with van der Waals surface area (Å²) in [5.41, 5.74) is 1.78. The lowest BCUT2D eigenvalue weighted by Gasteiger charge is -2.29. The minimum atomic E-state index is -0.651. The molecule has 0 bridgehead atoms. The second-order valence-electron chi connectivity index (χ2n) is 6.00. The van der Waals surface area contributed by atoms with Crippen LogP contribution in [0.5, 0.6) is 0 Å². The summed E-state index contributed by atoms with van der Waals surface area (Å²) >= 11 is 5.89. The summed E-state index contributed by atoms with van der Waals surface area (Å²) in [6, 6.07) is 16.0. The highest BCUT2D eigenvalue weighted by Gasteiger charge is 2.25. The number of amides is 2. The van der Waals surface area contributed by atoms with Crippen LogP contribution in [-0.4, -0.2) is 41.0 Å². The molecule has 0 aromatic heterocycles. The normalized spacial score (nSPS) is 11.7. The molecule has 0 unspecified atom stereocenters. The molecule has 0 saturated heterocycles. The highest BCUT2D eigenvalue weighted by Crippen LogP contribution is 2.14. The van der Waals surface area contributed by atoms with Crippen molar-refractivity contribution in [3.8, 4) is 0 Å². The second kappa shape index (κ2) is 9.94. The molecule has 0 heterocycles. The van der Waals surface area contributed by atoms with Gasteiger partial charge in [-0.15, -0.1) is 0 Å². The maximum atomic E-state index is 12.9. The Morgan fingerprint density at radius 3 is 2.35 bits per heavy atom. The van der Waals surface area contributed by atoms with E-state index in [1.54, 1.807) is 36.1 Å². The average molecular weight is 375 g/mol. The Morgan fingerprint density at radius 1 is 1.08 bits per heavy atom. The number of rotatable bonds is 8. The number of nitrogens with zero attached hydrogens (tertiary/aromatic N) is 1.